The van der Waals surface area contributed by atoms with Gasteiger partial charge in [-0.2, -0.15) is 0 Å². The molecule has 4 nitrogen and oxygen atoms in total. The number of hydrogen-bond donors (Lipinski definition) is 2. The Hall–Kier alpha value is -2.07. The monoisotopic (exact) mass is 271 g/mol. The predicted molar refractivity (Wildman–Crippen MR) is 83.8 cm³/mol. The van der Waals surface area contributed by atoms with Crippen LogP contribution in [0.1, 0.15) is 12.5 Å². The minimum absolute atomic E-state index is 0.0128. The third-order valence-electron chi connectivity index (χ3n) is 3.55. The lowest BCUT2D eigenvalue weighted by atomic mass is 10.0. The Morgan fingerprint density at radius 1 is 1.20 bits per heavy atom. The van der Waals surface area contributed by atoms with E-state index in [1.165, 1.54) is 0 Å². The molecule has 0 bridgehead atoms. The molecule has 1 amide bonds. The smallest absolute Gasteiger partial charge is 0.239 e. The van der Waals surface area contributed by atoms with Gasteiger partial charge >= 0.3 is 0 Å². The Bertz CT molecular complexity index is 610. The molecule has 0 aliphatic rings. The minimum atomic E-state index is 0.0128. The van der Waals surface area contributed by atoms with Crippen molar-refractivity contribution in [2.45, 2.75) is 13.5 Å². The summed E-state index contributed by atoms with van der Waals surface area (Å²) >= 11 is 0. The van der Waals surface area contributed by atoms with Crippen LogP contribution in [0.25, 0.3) is 10.8 Å². The molecule has 2 aromatic rings. The average Bonchev–Trinajstić information content (AvgIpc) is 2.51. The van der Waals surface area contributed by atoms with Crippen LogP contribution in [0, 0.1) is 0 Å². The van der Waals surface area contributed by atoms with Crippen LogP contribution in [-0.4, -0.2) is 26.0 Å². The van der Waals surface area contributed by atoms with Gasteiger partial charge in [0.15, 0.2) is 0 Å². The maximum atomic E-state index is 11.6. The number of nitrogens with two attached hydrogens (primary N) is 1. The summed E-state index contributed by atoms with van der Waals surface area (Å²) in [4.78, 5) is 13.7. The van der Waals surface area contributed by atoms with Crippen LogP contribution in [0.15, 0.2) is 36.4 Å². The molecule has 0 atom stereocenters. The van der Waals surface area contributed by atoms with Gasteiger partial charge in [0, 0.05) is 31.2 Å². The van der Waals surface area contributed by atoms with Crippen molar-refractivity contribution >= 4 is 22.4 Å². The first-order chi connectivity index (χ1) is 9.71. The second-order valence-electron chi connectivity index (χ2n) is 4.68. The summed E-state index contributed by atoms with van der Waals surface area (Å²) in [6, 6.07) is 12.3. The van der Waals surface area contributed by atoms with Crippen molar-refractivity contribution < 1.29 is 4.79 Å². The Kier molecular flexibility index (Phi) is 4.58. The first kappa shape index (κ1) is 14.3. The van der Waals surface area contributed by atoms with Crippen molar-refractivity contribution in [2.24, 2.45) is 5.73 Å². The summed E-state index contributed by atoms with van der Waals surface area (Å²) in [6.07, 6.45) is 0. The number of likely N-dealkylation sites (N-methyl/N-ethyl adjacent to an activating group) is 2. The lowest BCUT2D eigenvalue weighted by Gasteiger charge is -2.24. The highest BCUT2D eigenvalue weighted by atomic mass is 16.1. The van der Waals surface area contributed by atoms with Crippen LogP contribution in [-0.2, 0) is 11.3 Å². The van der Waals surface area contributed by atoms with E-state index in [9.17, 15) is 4.79 Å². The van der Waals surface area contributed by atoms with Gasteiger partial charge in [-0.25, -0.2) is 0 Å². The van der Waals surface area contributed by atoms with E-state index in [0.717, 1.165) is 28.6 Å². The number of carbonyl (C=O) groups is 1. The van der Waals surface area contributed by atoms with E-state index in [0.29, 0.717) is 13.1 Å². The lowest BCUT2D eigenvalue weighted by molar-refractivity contribution is -0.119. The van der Waals surface area contributed by atoms with Crippen molar-refractivity contribution in [3.63, 3.8) is 0 Å². The highest BCUT2D eigenvalue weighted by molar-refractivity contribution is 5.97. The number of anilines is 1. The zero-order valence-electron chi connectivity index (χ0n) is 12.0. The predicted octanol–water partition coefficient (Wildman–Crippen LogP) is 1.87. The number of amides is 1. The van der Waals surface area contributed by atoms with Crippen molar-refractivity contribution in [3.8, 4) is 0 Å². The zero-order valence-corrected chi connectivity index (χ0v) is 12.0. The summed E-state index contributed by atoms with van der Waals surface area (Å²) in [5.74, 6) is 0.0128. The SMILES string of the molecule is CCN(CC(=O)NC)c1ccc(CN)c2ccccc12. The maximum Gasteiger partial charge on any atom is 0.239 e. The Balaban J connectivity index is 2.50. The number of nitrogens with zero attached hydrogens (tertiary/aromatic N) is 1. The van der Waals surface area contributed by atoms with Gasteiger partial charge in [0.05, 0.1) is 6.54 Å². The van der Waals surface area contributed by atoms with Crippen LogP contribution in [0.3, 0.4) is 0 Å². The first-order valence-corrected chi connectivity index (χ1v) is 6.87. The fourth-order valence-corrected chi connectivity index (χ4v) is 2.42. The third kappa shape index (κ3) is 2.75. The van der Waals surface area contributed by atoms with Gasteiger partial charge in [-0.1, -0.05) is 30.3 Å². The number of nitrogens with one attached hydrogen (secondary N) is 1. The van der Waals surface area contributed by atoms with E-state index >= 15 is 0 Å². The standard InChI is InChI=1S/C16H21N3O/c1-3-19(11-16(20)18-2)15-9-8-12(10-17)13-6-4-5-7-14(13)15/h4-9H,3,10-11,17H2,1-2H3,(H,18,20). The van der Waals surface area contributed by atoms with E-state index < -0.39 is 0 Å². The lowest BCUT2D eigenvalue weighted by Crippen LogP contribution is -2.35. The van der Waals surface area contributed by atoms with Crippen molar-refractivity contribution in [1.29, 1.82) is 0 Å². The van der Waals surface area contributed by atoms with Gasteiger partial charge in [0.2, 0.25) is 5.91 Å². The molecule has 0 fully saturated rings. The highest BCUT2D eigenvalue weighted by Gasteiger charge is 2.13. The van der Waals surface area contributed by atoms with Gasteiger partial charge in [-0.05, 0) is 23.9 Å². The van der Waals surface area contributed by atoms with E-state index in [1.54, 1.807) is 7.05 Å². The Morgan fingerprint density at radius 2 is 1.90 bits per heavy atom. The van der Waals surface area contributed by atoms with Gasteiger partial charge < -0.3 is 16.0 Å². The molecule has 0 saturated heterocycles. The summed E-state index contributed by atoms with van der Waals surface area (Å²) in [6.45, 7) is 3.70. The summed E-state index contributed by atoms with van der Waals surface area (Å²) < 4.78 is 0. The zero-order chi connectivity index (χ0) is 14.5. The average molecular weight is 271 g/mol. The molecule has 2 aromatic carbocycles. The van der Waals surface area contributed by atoms with Crippen molar-refractivity contribution in [1.82, 2.24) is 5.32 Å². The van der Waals surface area contributed by atoms with Crippen LogP contribution in [0.5, 0.6) is 0 Å². The van der Waals surface area contributed by atoms with E-state index in [-0.39, 0.29) is 5.91 Å². The largest absolute Gasteiger partial charge is 0.362 e. The summed E-state index contributed by atoms with van der Waals surface area (Å²) in [7, 11) is 1.66. The number of fused-ring (bicyclic) bond motifs is 1. The van der Waals surface area contributed by atoms with Crippen LogP contribution >= 0.6 is 0 Å². The Labute approximate surface area is 119 Å². The molecule has 0 saturated carbocycles. The molecule has 3 N–H and O–H groups in total. The molecule has 0 unspecified atom stereocenters. The number of rotatable bonds is 5. The molecular weight excluding hydrogens is 250 g/mol. The topological polar surface area (TPSA) is 58.4 Å². The van der Waals surface area contributed by atoms with Crippen LogP contribution in [0.4, 0.5) is 5.69 Å². The van der Waals surface area contributed by atoms with Gasteiger partial charge in [0.1, 0.15) is 0 Å². The summed E-state index contributed by atoms with van der Waals surface area (Å²) in [5.41, 5.74) is 8.00. The molecule has 2 rings (SSSR count). The van der Waals surface area contributed by atoms with Gasteiger partial charge in [-0.3, -0.25) is 4.79 Å². The fourth-order valence-electron chi connectivity index (χ4n) is 2.42. The second-order valence-corrected chi connectivity index (χ2v) is 4.68. The number of carbonyl (C=O) groups excluding carboxylic acids is 1. The van der Waals surface area contributed by atoms with Gasteiger partial charge in [0.25, 0.3) is 0 Å². The van der Waals surface area contributed by atoms with E-state index in [2.05, 4.69) is 35.3 Å². The van der Waals surface area contributed by atoms with Crippen molar-refractivity contribution in [2.75, 3.05) is 25.0 Å². The molecular formula is C16H21N3O. The molecule has 20 heavy (non-hydrogen) atoms. The minimum Gasteiger partial charge on any atom is -0.362 e. The molecule has 0 spiro atoms. The molecule has 106 valence electrons. The Morgan fingerprint density at radius 3 is 2.50 bits per heavy atom. The molecule has 0 heterocycles. The van der Waals surface area contributed by atoms with Crippen LogP contribution < -0.4 is 16.0 Å². The third-order valence-corrected chi connectivity index (χ3v) is 3.55. The van der Waals surface area contributed by atoms with E-state index in [4.69, 9.17) is 5.73 Å². The van der Waals surface area contributed by atoms with E-state index in [1.807, 2.05) is 18.2 Å². The number of benzene rings is 2. The molecule has 0 aliphatic carbocycles. The summed E-state index contributed by atoms with van der Waals surface area (Å²) in [5, 5.41) is 4.96. The molecule has 4 heteroatoms. The van der Waals surface area contributed by atoms with Crippen molar-refractivity contribution in [3.05, 3.63) is 42.0 Å². The molecule has 0 aromatic heterocycles. The number of hydrogen-bond acceptors (Lipinski definition) is 3. The maximum absolute atomic E-state index is 11.6. The quantitative estimate of drug-likeness (QED) is 0.873. The fraction of sp³-hybridized carbons (Fsp3) is 0.312. The van der Waals surface area contributed by atoms with Gasteiger partial charge in [-0.15, -0.1) is 0 Å². The first-order valence-electron chi connectivity index (χ1n) is 6.87. The highest BCUT2D eigenvalue weighted by Crippen LogP contribution is 2.29. The second kappa shape index (κ2) is 6.39. The molecule has 0 aliphatic heterocycles. The normalized spacial score (nSPS) is 10.6. The van der Waals surface area contributed by atoms with Crippen LogP contribution in [0.2, 0.25) is 0 Å². The molecule has 0 radical (unpaired) electrons.